The summed E-state index contributed by atoms with van der Waals surface area (Å²) in [6.45, 7) is 6.90. The molecule has 2 aromatic heterocycles. The normalized spacial score (nSPS) is 12.0. The fraction of sp³-hybridized carbons (Fsp3) is 0.108. The van der Waals surface area contributed by atoms with Crippen LogP contribution in [0.5, 0.6) is 0 Å². The molecular formula is C37H32NOSi+. The second-order valence-electron chi connectivity index (χ2n) is 11.1. The summed E-state index contributed by atoms with van der Waals surface area (Å²) in [6.07, 6.45) is 0. The van der Waals surface area contributed by atoms with E-state index in [1.54, 1.807) is 0 Å². The lowest BCUT2D eigenvalue weighted by molar-refractivity contribution is -0.633. The Morgan fingerprint density at radius 1 is 0.625 bits per heavy atom. The van der Waals surface area contributed by atoms with Crippen molar-refractivity contribution < 1.29 is 8.98 Å². The van der Waals surface area contributed by atoms with Gasteiger partial charge in [-0.15, -0.1) is 0 Å². The van der Waals surface area contributed by atoms with Crippen molar-refractivity contribution in [1.29, 1.82) is 0 Å². The maximum Gasteiger partial charge on any atom is 0.216 e. The second-order valence-corrected chi connectivity index (χ2v) is 15.1. The highest BCUT2D eigenvalue weighted by Gasteiger charge is 2.38. The first-order valence-corrected chi connectivity index (χ1v) is 16.4. The molecule has 0 saturated heterocycles. The summed E-state index contributed by atoms with van der Waals surface area (Å²) in [5.41, 5.74) is 7.94. The Balaban J connectivity index is 1.64. The number of pyridine rings is 1. The molecule has 7 aromatic rings. The second kappa shape index (κ2) is 9.32. The van der Waals surface area contributed by atoms with Gasteiger partial charge >= 0.3 is 0 Å². The number of hydrogen-bond acceptors (Lipinski definition) is 1. The maximum atomic E-state index is 6.60. The molecule has 7 rings (SSSR count). The van der Waals surface area contributed by atoms with E-state index in [0.717, 1.165) is 27.5 Å². The van der Waals surface area contributed by atoms with Crippen LogP contribution in [-0.2, 0) is 7.05 Å². The van der Waals surface area contributed by atoms with Gasteiger partial charge in [-0.05, 0) is 47.1 Å². The van der Waals surface area contributed by atoms with Crippen LogP contribution in [0, 0.1) is 13.8 Å². The molecule has 5 aromatic carbocycles. The van der Waals surface area contributed by atoms with E-state index in [-0.39, 0.29) is 0 Å². The standard InChI is InChI=1S/C37H32NOSi/c1-25-19-22-32-31(23-25)35(40(4,27-13-7-5-8-14-27)28-15-9-6-10-16-28)24-33(38(32)3)36-26(2)20-21-30-29-17-11-12-18-34(29)39-37(30)36/h5-24H,1-4H3/q+1. The summed E-state index contributed by atoms with van der Waals surface area (Å²) in [7, 11) is -0.217. The van der Waals surface area contributed by atoms with E-state index in [2.05, 4.69) is 147 Å². The summed E-state index contributed by atoms with van der Waals surface area (Å²) in [5.74, 6) is 0. The van der Waals surface area contributed by atoms with Gasteiger partial charge in [-0.1, -0.05) is 109 Å². The molecule has 2 nitrogen and oxygen atoms in total. The first kappa shape index (κ1) is 24.6. The molecule has 0 aliphatic heterocycles. The van der Waals surface area contributed by atoms with Crippen LogP contribution < -0.4 is 20.1 Å². The van der Waals surface area contributed by atoms with Gasteiger partial charge in [0.25, 0.3) is 0 Å². The minimum atomic E-state index is -2.41. The predicted octanol–water partition coefficient (Wildman–Crippen LogP) is 6.95. The number of aryl methyl sites for hydroxylation is 3. The van der Waals surface area contributed by atoms with E-state index in [9.17, 15) is 0 Å². The fourth-order valence-corrected chi connectivity index (χ4v) is 10.3. The van der Waals surface area contributed by atoms with E-state index in [4.69, 9.17) is 4.42 Å². The zero-order valence-corrected chi connectivity index (χ0v) is 24.4. The zero-order chi connectivity index (χ0) is 27.4. The molecule has 0 atom stereocenters. The molecule has 0 fully saturated rings. The van der Waals surface area contributed by atoms with Crippen molar-refractivity contribution in [3.05, 3.63) is 132 Å². The molecule has 0 amide bonds. The molecule has 3 heteroatoms. The average molecular weight is 535 g/mol. The molecule has 0 N–H and O–H groups in total. The van der Waals surface area contributed by atoms with E-state index >= 15 is 0 Å². The molecule has 0 radical (unpaired) electrons. The molecule has 0 saturated carbocycles. The van der Waals surface area contributed by atoms with Crippen molar-refractivity contribution in [2.75, 3.05) is 0 Å². The third kappa shape index (κ3) is 3.65. The summed E-state index contributed by atoms with van der Waals surface area (Å²) < 4.78 is 8.96. The van der Waals surface area contributed by atoms with Gasteiger partial charge in [0.15, 0.2) is 0 Å². The molecular weight excluding hydrogens is 502 g/mol. The molecule has 40 heavy (non-hydrogen) atoms. The number of nitrogens with zero attached hydrogens (tertiary/aromatic N) is 1. The molecule has 0 bridgehead atoms. The Morgan fingerprint density at radius 2 is 1.27 bits per heavy atom. The van der Waals surface area contributed by atoms with Crippen molar-refractivity contribution >= 4 is 56.5 Å². The van der Waals surface area contributed by atoms with Gasteiger partial charge in [-0.2, -0.15) is 4.57 Å². The first-order valence-electron chi connectivity index (χ1n) is 13.9. The van der Waals surface area contributed by atoms with Crippen molar-refractivity contribution in [3.63, 3.8) is 0 Å². The van der Waals surface area contributed by atoms with Crippen molar-refractivity contribution in [2.45, 2.75) is 20.4 Å². The van der Waals surface area contributed by atoms with Crippen molar-refractivity contribution in [3.8, 4) is 11.3 Å². The van der Waals surface area contributed by atoms with Crippen molar-refractivity contribution in [1.82, 2.24) is 0 Å². The highest BCUT2D eigenvalue weighted by atomic mass is 28.3. The summed E-state index contributed by atoms with van der Waals surface area (Å²) >= 11 is 0. The molecule has 0 spiro atoms. The zero-order valence-electron chi connectivity index (χ0n) is 23.4. The van der Waals surface area contributed by atoms with Crippen LogP contribution in [0.4, 0.5) is 0 Å². The lowest BCUT2D eigenvalue weighted by atomic mass is 9.99. The van der Waals surface area contributed by atoms with Gasteiger partial charge in [0, 0.05) is 28.3 Å². The number of aromatic nitrogens is 1. The molecule has 194 valence electrons. The number of furan rings is 1. The van der Waals surface area contributed by atoms with E-state index in [1.165, 1.54) is 43.3 Å². The number of para-hydroxylation sites is 1. The predicted molar refractivity (Wildman–Crippen MR) is 171 cm³/mol. The number of rotatable bonds is 4. The summed E-state index contributed by atoms with van der Waals surface area (Å²) in [4.78, 5) is 0. The minimum Gasteiger partial charge on any atom is -0.455 e. The number of benzene rings is 5. The minimum absolute atomic E-state index is 0.927. The Hall–Kier alpha value is -4.47. The fourth-order valence-electron chi connectivity index (χ4n) is 6.48. The van der Waals surface area contributed by atoms with E-state index < -0.39 is 8.07 Å². The van der Waals surface area contributed by atoms with Crippen LogP contribution in [0.2, 0.25) is 6.55 Å². The quantitative estimate of drug-likeness (QED) is 0.176. The highest BCUT2D eigenvalue weighted by molar-refractivity contribution is 7.11. The Kier molecular flexibility index (Phi) is 5.72. The van der Waals surface area contributed by atoms with Crippen molar-refractivity contribution in [2.24, 2.45) is 7.05 Å². The van der Waals surface area contributed by atoms with Crippen LogP contribution in [0.25, 0.3) is 44.1 Å². The first-order chi connectivity index (χ1) is 19.5. The SMILES string of the molecule is Cc1ccc2c(c1)c([Si](C)(c1ccccc1)c1ccccc1)cc(-c1c(C)ccc3c1oc1ccccc13)[n+]2C. The monoisotopic (exact) mass is 534 g/mol. The topological polar surface area (TPSA) is 17.0 Å². The van der Waals surface area contributed by atoms with Crippen LogP contribution in [0.3, 0.4) is 0 Å². The third-order valence-corrected chi connectivity index (χ3v) is 13.2. The third-order valence-electron chi connectivity index (χ3n) is 8.70. The maximum absolute atomic E-state index is 6.60. The van der Waals surface area contributed by atoms with Gasteiger partial charge in [0.05, 0.1) is 5.56 Å². The van der Waals surface area contributed by atoms with Gasteiger partial charge in [0.2, 0.25) is 11.2 Å². The van der Waals surface area contributed by atoms with Gasteiger partial charge in [-0.3, -0.25) is 0 Å². The molecule has 2 heterocycles. The van der Waals surface area contributed by atoms with Crippen LogP contribution >= 0.6 is 0 Å². The smallest absolute Gasteiger partial charge is 0.216 e. The summed E-state index contributed by atoms with van der Waals surface area (Å²) in [5, 5.41) is 7.87. The molecule has 0 aliphatic rings. The molecule has 0 aliphatic carbocycles. The van der Waals surface area contributed by atoms with Gasteiger partial charge < -0.3 is 4.42 Å². The van der Waals surface area contributed by atoms with Gasteiger partial charge in [0.1, 0.15) is 26.3 Å². The largest absolute Gasteiger partial charge is 0.455 e. The lowest BCUT2D eigenvalue weighted by Gasteiger charge is -2.30. The molecule has 0 unspecified atom stereocenters. The number of fused-ring (bicyclic) bond motifs is 4. The van der Waals surface area contributed by atoms with Crippen LogP contribution in [0.15, 0.2) is 126 Å². The van der Waals surface area contributed by atoms with E-state index in [1.807, 2.05) is 6.07 Å². The van der Waals surface area contributed by atoms with Gasteiger partial charge in [-0.25, -0.2) is 0 Å². The summed E-state index contributed by atoms with van der Waals surface area (Å²) in [6, 6.07) is 44.4. The van der Waals surface area contributed by atoms with Crippen LogP contribution in [-0.4, -0.2) is 8.07 Å². The Bertz CT molecular complexity index is 2000. The van der Waals surface area contributed by atoms with Crippen LogP contribution in [0.1, 0.15) is 11.1 Å². The van der Waals surface area contributed by atoms with E-state index in [0.29, 0.717) is 0 Å². The Labute approximate surface area is 236 Å². The lowest BCUT2D eigenvalue weighted by Crippen LogP contribution is -2.65. The number of hydrogen-bond donors (Lipinski definition) is 0. The highest BCUT2D eigenvalue weighted by Crippen LogP contribution is 2.37. The average Bonchev–Trinajstić information content (AvgIpc) is 3.37. The Morgan fingerprint density at radius 3 is 1.98 bits per heavy atom.